The minimum absolute atomic E-state index is 0.0370. The van der Waals surface area contributed by atoms with Crippen molar-refractivity contribution in [2.45, 2.75) is 37.3 Å². The molecule has 0 aliphatic heterocycles. The van der Waals surface area contributed by atoms with Crippen LogP contribution in [0.15, 0.2) is 0 Å². The fourth-order valence-electron chi connectivity index (χ4n) is 2.31. The number of carbonyl (C=O) groups excluding carboxylic acids is 1. The number of hydrogen-bond acceptors (Lipinski definition) is 4. The molecule has 20 heavy (non-hydrogen) atoms. The van der Waals surface area contributed by atoms with E-state index in [1.54, 1.807) is 11.8 Å². The van der Waals surface area contributed by atoms with E-state index in [-0.39, 0.29) is 5.54 Å². The summed E-state index contributed by atoms with van der Waals surface area (Å²) in [7, 11) is 4.02. The SMILES string of the molecule is CSCC[C@H](NC(=O)NCC1(N(C)C)CCC1)C(=O)O. The van der Waals surface area contributed by atoms with Gasteiger partial charge in [-0.25, -0.2) is 9.59 Å². The van der Waals surface area contributed by atoms with Gasteiger partial charge in [-0.05, 0) is 51.8 Å². The smallest absolute Gasteiger partial charge is 0.326 e. The van der Waals surface area contributed by atoms with Crippen molar-refractivity contribution < 1.29 is 14.7 Å². The molecule has 0 heterocycles. The lowest BCUT2D eigenvalue weighted by Crippen LogP contribution is -2.59. The average molecular weight is 303 g/mol. The maximum Gasteiger partial charge on any atom is 0.326 e. The van der Waals surface area contributed by atoms with Crippen LogP contribution in [0.2, 0.25) is 0 Å². The molecule has 0 unspecified atom stereocenters. The maximum absolute atomic E-state index is 11.8. The quantitative estimate of drug-likeness (QED) is 0.622. The summed E-state index contributed by atoms with van der Waals surface area (Å²) in [5, 5.41) is 14.4. The first-order valence-corrected chi connectivity index (χ1v) is 8.24. The van der Waals surface area contributed by atoms with Crippen molar-refractivity contribution in [3.05, 3.63) is 0 Å². The lowest BCUT2D eigenvalue weighted by Gasteiger charge is -2.47. The van der Waals surface area contributed by atoms with E-state index in [1.807, 2.05) is 20.4 Å². The highest BCUT2D eigenvalue weighted by Gasteiger charge is 2.39. The number of nitrogens with one attached hydrogen (secondary N) is 2. The first-order valence-electron chi connectivity index (χ1n) is 6.85. The lowest BCUT2D eigenvalue weighted by atomic mass is 9.75. The zero-order chi connectivity index (χ0) is 15.2. The summed E-state index contributed by atoms with van der Waals surface area (Å²) in [5.41, 5.74) is 0.0370. The predicted octanol–water partition coefficient (Wildman–Crippen LogP) is 0.976. The molecule has 0 radical (unpaired) electrons. The first kappa shape index (κ1) is 17.1. The number of amides is 2. The van der Waals surface area contributed by atoms with Gasteiger partial charge in [0, 0.05) is 12.1 Å². The summed E-state index contributed by atoms with van der Waals surface area (Å²) in [6.45, 7) is 0.556. The second-order valence-corrected chi connectivity index (χ2v) is 6.46. The third kappa shape index (κ3) is 4.56. The van der Waals surface area contributed by atoms with Crippen molar-refractivity contribution in [3.8, 4) is 0 Å². The summed E-state index contributed by atoms with van der Waals surface area (Å²) in [4.78, 5) is 25.0. The van der Waals surface area contributed by atoms with E-state index in [1.165, 1.54) is 6.42 Å². The molecule has 1 saturated carbocycles. The Kier molecular flexibility index (Phi) is 6.61. The Hall–Kier alpha value is -0.950. The van der Waals surface area contributed by atoms with E-state index in [0.29, 0.717) is 18.7 Å². The predicted molar refractivity (Wildman–Crippen MR) is 81.2 cm³/mol. The number of rotatable bonds is 8. The molecule has 0 aromatic heterocycles. The van der Waals surface area contributed by atoms with Crippen molar-refractivity contribution in [1.82, 2.24) is 15.5 Å². The second-order valence-electron chi connectivity index (χ2n) is 5.47. The van der Waals surface area contributed by atoms with E-state index in [2.05, 4.69) is 15.5 Å². The molecule has 2 amide bonds. The molecule has 1 aliphatic carbocycles. The van der Waals surface area contributed by atoms with Gasteiger partial charge in [-0.1, -0.05) is 0 Å². The Morgan fingerprint density at radius 3 is 2.45 bits per heavy atom. The zero-order valence-electron chi connectivity index (χ0n) is 12.4. The van der Waals surface area contributed by atoms with Crippen LogP contribution in [0.5, 0.6) is 0 Å². The average Bonchev–Trinajstić information content (AvgIpc) is 2.32. The van der Waals surface area contributed by atoms with E-state index < -0.39 is 18.0 Å². The van der Waals surface area contributed by atoms with E-state index in [9.17, 15) is 9.59 Å². The zero-order valence-corrected chi connectivity index (χ0v) is 13.3. The van der Waals surface area contributed by atoms with Gasteiger partial charge in [0.15, 0.2) is 0 Å². The van der Waals surface area contributed by atoms with Crippen LogP contribution < -0.4 is 10.6 Å². The van der Waals surface area contributed by atoms with Crippen LogP contribution in [-0.2, 0) is 4.79 Å². The van der Waals surface area contributed by atoms with Crippen LogP contribution in [0, 0.1) is 0 Å². The highest BCUT2D eigenvalue weighted by molar-refractivity contribution is 7.98. The summed E-state index contributed by atoms with van der Waals surface area (Å²) < 4.78 is 0. The standard InChI is InChI=1S/C13H25N3O3S/c1-16(2)13(6-4-7-13)9-14-12(19)15-10(11(17)18)5-8-20-3/h10H,4-9H2,1-3H3,(H,17,18)(H2,14,15,19)/t10-/m0/s1. The van der Waals surface area contributed by atoms with Crippen molar-refractivity contribution in [1.29, 1.82) is 0 Å². The molecule has 1 fully saturated rings. The Morgan fingerprint density at radius 1 is 1.40 bits per heavy atom. The largest absolute Gasteiger partial charge is 0.480 e. The number of carboxylic acids is 1. The number of carboxylic acid groups (broad SMARTS) is 1. The number of carbonyl (C=O) groups is 2. The Bertz CT molecular complexity index is 346. The van der Waals surface area contributed by atoms with Crippen molar-refractivity contribution in [3.63, 3.8) is 0 Å². The number of aliphatic carboxylic acids is 1. The fraction of sp³-hybridized carbons (Fsp3) is 0.846. The van der Waals surface area contributed by atoms with Crippen molar-refractivity contribution >= 4 is 23.8 Å². The molecule has 7 heteroatoms. The maximum atomic E-state index is 11.8. The molecule has 0 aromatic carbocycles. The Morgan fingerprint density at radius 2 is 2.05 bits per heavy atom. The fourth-order valence-corrected chi connectivity index (χ4v) is 2.79. The van der Waals surface area contributed by atoms with E-state index in [0.717, 1.165) is 12.8 Å². The van der Waals surface area contributed by atoms with Gasteiger partial charge in [-0.2, -0.15) is 11.8 Å². The van der Waals surface area contributed by atoms with Gasteiger partial charge in [0.1, 0.15) is 6.04 Å². The van der Waals surface area contributed by atoms with Gasteiger partial charge < -0.3 is 20.6 Å². The normalized spacial score (nSPS) is 18.2. The third-order valence-electron chi connectivity index (χ3n) is 4.03. The van der Waals surface area contributed by atoms with Crippen LogP contribution in [0.25, 0.3) is 0 Å². The molecule has 1 rings (SSSR count). The van der Waals surface area contributed by atoms with E-state index >= 15 is 0 Å². The minimum Gasteiger partial charge on any atom is -0.480 e. The van der Waals surface area contributed by atoms with Gasteiger partial charge >= 0.3 is 12.0 Å². The van der Waals surface area contributed by atoms with Crippen LogP contribution in [-0.4, -0.2) is 66.2 Å². The highest BCUT2D eigenvalue weighted by atomic mass is 32.2. The van der Waals surface area contributed by atoms with Crippen LogP contribution in [0.3, 0.4) is 0 Å². The molecule has 6 nitrogen and oxygen atoms in total. The van der Waals surface area contributed by atoms with Crippen LogP contribution in [0.4, 0.5) is 4.79 Å². The number of urea groups is 1. The van der Waals surface area contributed by atoms with Gasteiger partial charge in [0.25, 0.3) is 0 Å². The Labute approximate surface area is 124 Å². The van der Waals surface area contributed by atoms with Crippen LogP contribution >= 0.6 is 11.8 Å². The summed E-state index contributed by atoms with van der Waals surface area (Å²) >= 11 is 1.57. The van der Waals surface area contributed by atoms with Crippen LogP contribution in [0.1, 0.15) is 25.7 Å². The second kappa shape index (κ2) is 7.73. The number of likely N-dealkylation sites (N-methyl/N-ethyl adjacent to an activating group) is 1. The van der Waals surface area contributed by atoms with Crippen molar-refractivity contribution in [2.75, 3.05) is 32.6 Å². The molecule has 116 valence electrons. The monoisotopic (exact) mass is 303 g/mol. The topological polar surface area (TPSA) is 81.7 Å². The van der Waals surface area contributed by atoms with Gasteiger partial charge in [0.2, 0.25) is 0 Å². The minimum atomic E-state index is -0.986. The molecule has 0 saturated heterocycles. The molecular formula is C13H25N3O3S. The van der Waals surface area contributed by atoms with Gasteiger partial charge in [0.05, 0.1) is 0 Å². The lowest BCUT2D eigenvalue weighted by molar-refractivity contribution is -0.139. The summed E-state index contributed by atoms with van der Waals surface area (Å²) in [6, 6.07) is -1.22. The third-order valence-corrected chi connectivity index (χ3v) is 4.67. The number of nitrogens with zero attached hydrogens (tertiary/aromatic N) is 1. The molecule has 0 aromatic rings. The molecule has 3 N–H and O–H groups in total. The molecule has 1 aliphatic rings. The molecule has 0 bridgehead atoms. The summed E-state index contributed by atoms with van der Waals surface area (Å²) in [6.07, 6.45) is 5.65. The number of thioether (sulfide) groups is 1. The van der Waals surface area contributed by atoms with Gasteiger partial charge in [-0.3, -0.25) is 0 Å². The molecule has 1 atom stereocenters. The summed E-state index contributed by atoms with van der Waals surface area (Å²) in [5.74, 6) is -0.279. The first-order chi connectivity index (χ1) is 9.41. The van der Waals surface area contributed by atoms with Crippen molar-refractivity contribution in [2.24, 2.45) is 0 Å². The van der Waals surface area contributed by atoms with Gasteiger partial charge in [-0.15, -0.1) is 0 Å². The number of hydrogen-bond donors (Lipinski definition) is 3. The molecule has 0 spiro atoms. The molecular weight excluding hydrogens is 278 g/mol. The van der Waals surface area contributed by atoms with E-state index in [4.69, 9.17) is 5.11 Å². The Balaban J connectivity index is 2.39. The highest BCUT2D eigenvalue weighted by Crippen LogP contribution is 2.35.